The molecule has 1 rings (SSSR count). The predicted molar refractivity (Wildman–Crippen MR) is 65.3 cm³/mol. The number of esters is 1. The lowest BCUT2D eigenvalue weighted by Crippen LogP contribution is -2.57. The highest BCUT2D eigenvalue weighted by Gasteiger charge is 2.41. The molecule has 0 aromatic rings. The van der Waals surface area contributed by atoms with Gasteiger partial charge in [-0.2, -0.15) is 0 Å². The van der Waals surface area contributed by atoms with Crippen LogP contribution in [0.5, 0.6) is 0 Å². The maximum Gasteiger partial charge on any atom is 0.326 e. The standard InChI is InChI=1S/C13H25NO2/c1-4-11(3)14-13(12(15)16-5-2)9-7-6-8-10-13/h11,14H,4-10H2,1-3H3. The van der Waals surface area contributed by atoms with Gasteiger partial charge >= 0.3 is 5.97 Å². The van der Waals surface area contributed by atoms with Crippen LogP contribution in [0.4, 0.5) is 0 Å². The molecule has 0 amide bonds. The summed E-state index contributed by atoms with van der Waals surface area (Å²) in [4.78, 5) is 12.1. The molecule has 94 valence electrons. The van der Waals surface area contributed by atoms with Crippen LogP contribution in [0.3, 0.4) is 0 Å². The van der Waals surface area contributed by atoms with Crippen molar-refractivity contribution in [3.05, 3.63) is 0 Å². The summed E-state index contributed by atoms with van der Waals surface area (Å²) < 4.78 is 5.23. The molecule has 0 aromatic carbocycles. The van der Waals surface area contributed by atoms with Gasteiger partial charge < -0.3 is 4.74 Å². The van der Waals surface area contributed by atoms with Gasteiger partial charge in [0.25, 0.3) is 0 Å². The Morgan fingerprint density at radius 1 is 1.31 bits per heavy atom. The molecule has 1 aliphatic carbocycles. The molecule has 1 fully saturated rings. The minimum absolute atomic E-state index is 0.0463. The summed E-state index contributed by atoms with van der Waals surface area (Å²) in [5.74, 6) is -0.0463. The van der Waals surface area contributed by atoms with Crippen LogP contribution in [-0.2, 0) is 9.53 Å². The Labute approximate surface area is 98.9 Å². The Kier molecular flexibility index (Phi) is 5.26. The van der Waals surface area contributed by atoms with Crippen LogP contribution in [0, 0.1) is 0 Å². The molecular weight excluding hydrogens is 202 g/mol. The number of rotatable bonds is 5. The Balaban J connectivity index is 2.70. The number of hydrogen-bond donors (Lipinski definition) is 1. The van der Waals surface area contributed by atoms with E-state index in [1.165, 1.54) is 6.42 Å². The molecule has 0 heterocycles. The van der Waals surface area contributed by atoms with E-state index in [1.807, 2.05) is 6.92 Å². The zero-order valence-corrected chi connectivity index (χ0v) is 10.8. The number of carbonyl (C=O) groups is 1. The zero-order valence-electron chi connectivity index (χ0n) is 10.8. The maximum atomic E-state index is 12.1. The van der Waals surface area contributed by atoms with Gasteiger partial charge in [0, 0.05) is 6.04 Å². The van der Waals surface area contributed by atoms with Crippen molar-refractivity contribution in [1.29, 1.82) is 0 Å². The molecule has 0 saturated heterocycles. The van der Waals surface area contributed by atoms with E-state index in [0.717, 1.165) is 32.1 Å². The second-order valence-electron chi connectivity index (χ2n) is 4.82. The van der Waals surface area contributed by atoms with E-state index in [2.05, 4.69) is 19.2 Å². The Hall–Kier alpha value is -0.570. The van der Waals surface area contributed by atoms with Crippen LogP contribution in [0.1, 0.15) is 59.3 Å². The molecule has 0 bridgehead atoms. The predicted octanol–water partition coefficient (Wildman–Crippen LogP) is 2.64. The molecular formula is C13H25NO2. The molecule has 1 N–H and O–H groups in total. The van der Waals surface area contributed by atoms with Crippen molar-refractivity contribution in [2.24, 2.45) is 0 Å². The van der Waals surface area contributed by atoms with Crippen molar-refractivity contribution < 1.29 is 9.53 Å². The minimum Gasteiger partial charge on any atom is -0.465 e. The molecule has 16 heavy (non-hydrogen) atoms. The molecule has 1 saturated carbocycles. The van der Waals surface area contributed by atoms with Crippen molar-refractivity contribution in [1.82, 2.24) is 5.32 Å². The van der Waals surface area contributed by atoms with Crippen molar-refractivity contribution in [2.45, 2.75) is 70.9 Å². The van der Waals surface area contributed by atoms with Crippen LogP contribution >= 0.6 is 0 Å². The first-order chi connectivity index (χ1) is 7.64. The average Bonchev–Trinajstić information content (AvgIpc) is 2.30. The van der Waals surface area contributed by atoms with Crippen LogP contribution in [0.25, 0.3) is 0 Å². The number of carbonyl (C=O) groups excluding carboxylic acids is 1. The SMILES string of the molecule is CCOC(=O)C1(NC(C)CC)CCCCC1. The minimum atomic E-state index is -0.399. The molecule has 1 aliphatic rings. The zero-order chi connectivity index (χ0) is 12.0. The van der Waals surface area contributed by atoms with E-state index in [4.69, 9.17) is 4.74 Å². The summed E-state index contributed by atoms with van der Waals surface area (Å²) in [5, 5.41) is 3.49. The van der Waals surface area contributed by atoms with Gasteiger partial charge in [-0.15, -0.1) is 0 Å². The lowest BCUT2D eigenvalue weighted by Gasteiger charge is -2.37. The van der Waals surface area contributed by atoms with Gasteiger partial charge in [0.15, 0.2) is 0 Å². The third kappa shape index (κ3) is 3.21. The highest BCUT2D eigenvalue weighted by atomic mass is 16.5. The molecule has 0 spiro atoms. The van der Waals surface area contributed by atoms with Crippen LogP contribution in [0.2, 0.25) is 0 Å². The molecule has 0 aromatic heterocycles. The number of ether oxygens (including phenoxy) is 1. The van der Waals surface area contributed by atoms with E-state index < -0.39 is 5.54 Å². The van der Waals surface area contributed by atoms with Crippen molar-refractivity contribution >= 4 is 5.97 Å². The van der Waals surface area contributed by atoms with Gasteiger partial charge in [-0.1, -0.05) is 26.2 Å². The fourth-order valence-corrected chi connectivity index (χ4v) is 2.41. The Morgan fingerprint density at radius 3 is 2.44 bits per heavy atom. The van der Waals surface area contributed by atoms with Crippen molar-refractivity contribution in [3.8, 4) is 0 Å². The van der Waals surface area contributed by atoms with E-state index in [9.17, 15) is 4.79 Å². The third-order valence-corrected chi connectivity index (χ3v) is 3.51. The van der Waals surface area contributed by atoms with Crippen molar-refractivity contribution in [3.63, 3.8) is 0 Å². The van der Waals surface area contributed by atoms with E-state index in [-0.39, 0.29) is 5.97 Å². The molecule has 1 unspecified atom stereocenters. The van der Waals surface area contributed by atoms with Crippen molar-refractivity contribution in [2.75, 3.05) is 6.61 Å². The summed E-state index contributed by atoms with van der Waals surface area (Å²) in [6.07, 6.45) is 6.39. The lowest BCUT2D eigenvalue weighted by molar-refractivity contribution is -0.153. The van der Waals surface area contributed by atoms with E-state index in [0.29, 0.717) is 12.6 Å². The topological polar surface area (TPSA) is 38.3 Å². The smallest absolute Gasteiger partial charge is 0.326 e. The van der Waals surface area contributed by atoms with Crippen LogP contribution < -0.4 is 5.32 Å². The second-order valence-corrected chi connectivity index (χ2v) is 4.82. The Morgan fingerprint density at radius 2 is 1.94 bits per heavy atom. The normalized spacial score (nSPS) is 21.4. The van der Waals surface area contributed by atoms with E-state index in [1.54, 1.807) is 0 Å². The first-order valence-corrected chi connectivity index (χ1v) is 6.59. The first kappa shape index (κ1) is 13.5. The average molecular weight is 227 g/mol. The third-order valence-electron chi connectivity index (χ3n) is 3.51. The Bertz CT molecular complexity index is 222. The largest absolute Gasteiger partial charge is 0.465 e. The van der Waals surface area contributed by atoms with Gasteiger partial charge in [0.05, 0.1) is 6.61 Å². The summed E-state index contributed by atoms with van der Waals surface area (Å²) >= 11 is 0. The quantitative estimate of drug-likeness (QED) is 0.734. The number of nitrogens with one attached hydrogen (secondary N) is 1. The molecule has 1 atom stereocenters. The summed E-state index contributed by atoms with van der Waals surface area (Å²) in [5.41, 5.74) is -0.399. The monoisotopic (exact) mass is 227 g/mol. The molecule has 3 heteroatoms. The van der Waals surface area contributed by atoms with Gasteiger partial charge in [-0.05, 0) is 33.1 Å². The van der Waals surface area contributed by atoms with Gasteiger partial charge in [-0.3, -0.25) is 10.1 Å². The number of hydrogen-bond acceptors (Lipinski definition) is 3. The van der Waals surface area contributed by atoms with Crippen LogP contribution in [-0.4, -0.2) is 24.2 Å². The lowest BCUT2D eigenvalue weighted by atomic mass is 9.81. The second kappa shape index (κ2) is 6.24. The highest BCUT2D eigenvalue weighted by Crippen LogP contribution is 2.30. The summed E-state index contributed by atoms with van der Waals surface area (Å²) in [7, 11) is 0. The van der Waals surface area contributed by atoms with E-state index >= 15 is 0 Å². The molecule has 0 aliphatic heterocycles. The first-order valence-electron chi connectivity index (χ1n) is 6.59. The van der Waals surface area contributed by atoms with Gasteiger partial charge in [0.1, 0.15) is 5.54 Å². The highest BCUT2D eigenvalue weighted by molar-refractivity contribution is 5.81. The summed E-state index contributed by atoms with van der Waals surface area (Å²) in [6.45, 7) is 6.62. The molecule has 0 radical (unpaired) electrons. The fourth-order valence-electron chi connectivity index (χ4n) is 2.41. The van der Waals surface area contributed by atoms with Gasteiger partial charge in [0.2, 0.25) is 0 Å². The van der Waals surface area contributed by atoms with Gasteiger partial charge in [-0.25, -0.2) is 0 Å². The van der Waals surface area contributed by atoms with Crippen LogP contribution in [0.15, 0.2) is 0 Å². The molecule has 3 nitrogen and oxygen atoms in total. The summed E-state index contributed by atoms with van der Waals surface area (Å²) in [6, 6.07) is 0.377. The fraction of sp³-hybridized carbons (Fsp3) is 0.923. The maximum absolute atomic E-state index is 12.1.